The number of morpholine rings is 1. The van der Waals surface area contributed by atoms with E-state index in [1.54, 1.807) is 11.8 Å². The number of thioether (sulfide) groups is 1. The number of ether oxygens (including phenoxy) is 1. The molecule has 0 amide bonds. The third-order valence-corrected chi connectivity index (χ3v) is 7.02. The molecule has 5 rings (SSSR count). The Kier molecular flexibility index (Phi) is 6.21. The smallest absolute Gasteiger partial charge is 0.155 e. The van der Waals surface area contributed by atoms with E-state index in [2.05, 4.69) is 51.3 Å². The summed E-state index contributed by atoms with van der Waals surface area (Å²) in [6, 6.07) is 18.9. The fourth-order valence-electron chi connectivity index (χ4n) is 4.21. The summed E-state index contributed by atoms with van der Waals surface area (Å²) >= 11 is 1.60. The first-order valence-corrected chi connectivity index (χ1v) is 11.8. The first-order valence-electron chi connectivity index (χ1n) is 10.9. The summed E-state index contributed by atoms with van der Waals surface area (Å²) in [5.74, 6) is 0. The van der Waals surface area contributed by atoms with Gasteiger partial charge in [-0.25, -0.2) is 0 Å². The third kappa shape index (κ3) is 4.70. The second-order valence-electron chi connectivity index (χ2n) is 8.21. The van der Waals surface area contributed by atoms with Crippen molar-refractivity contribution in [1.82, 2.24) is 14.9 Å². The summed E-state index contributed by atoms with van der Waals surface area (Å²) < 4.78 is 5.44. The number of aliphatic imine (C=N–C) groups is 1. The van der Waals surface area contributed by atoms with Crippen molar-refractivity contribution >= 4 is 16.9 Å². The van der Waals surface area contributed by atoms with Gasteiger partial charge in [0.2, 0.25) is 0 Å². The summed E-state index contributed by atoms with van der Waals surface area (Å²) in [5.41, 5.74) is 12.6. The topological polar surface area (TPSA) is 76.6 Å². The number of aryl methyl sites for hydroxylation is 1. The molecule has 1 saturated heterocycles. The summed E-state index contributed by atoms with van der Waals surface area (Å²) in [5, 5.41) is 0.695. The molecule has 164 valence electrons. The van der Waals surface area contributed by atoms with E-state index in [0.29, 0.717) is 5.17 Å². The highest BCUT2D eigenvalue weighted by molar-refractivity contribution is 8.14. The molecule has 1 fully saturated rings. The first kappa shape index (κ1) is 21.1. The minimum atomic E-state index is -0.0916. The minimum absolute atomic E-state index is 0.0895. The maximum atomic E-state index is 6.13. The zero-order valence-electron chi connectivity index (χ0n) is 18.1. The molecule has 4 heterocycles. The van der Waals surface area contributed by atoms with Gasteiger partial charge in [0, 0.05) is 37.1 Å². The Balaban J connectivity index is 1.36. The van der Waals surface area contributed by atoms with E-state index in [0.717, 1.165) is 61.1 Å². The Hall–Kier alpha value is -2.74. The first-order chi connectivity index (χ1) is 15.7. The van der Waals surface area contributed by atoms with E-state index in [1.165, 1.54) is 5.56 Å². The normalized spacial score (nSPS) is 21.5. The number of nitrogens with two attached hydrogens (primary N) is 1. The molecule has 2 aliphatic rings. The zero-order valence-corrected chi connectivity index (χ0v) is 19.0. The lowest BCUT2D eigenvalue weighted by Gasteiger charge is -2.26. The summed E-state index contributed by atoms with van der Waals surface area (Å²) in [4.78, 5) is 16.5. The number of hydrogen-bond acceptors (Lipinski definition) is 7. The zero-order chi connectivity index (χ0) is 21.9. The van der Waals surface area contributed by atoms with Gasteiger partial charge in [-0.2, -0.15) is 0 Å². The molecule has 0 spiro atoms. The molecule has 2 N–H and O–H groups in total. The Morgan fingerprint density at radius 1 is 1.09 bits per heavy atom. The van der Waals surface area contributed by atoms with Crippen LogP contribution in [0, 0.1) is 6.92 Å². The molecular weight excluding hydrogens is 418 g/mol. The highest BCUT2D eigenvalue weighted by Crippen LogP contribution is 2.47. The molecule has 7 heteroatoms. The fourth-order valence-corrected chi connectivity index (χ4v) is 5.26. The van der Waals surface area contributed by atoms with Crippen LogP contribution in [0.3, 0.4) is 0 Å². The molecule has 0 saturated carbocycles. The van der Waals surface area contributed by atoms with Crippen molar-refractivity contribution in [1.29, 1.82) is 0 Å². The monoisotopic (exact) mass is 445 g/mol. The van der Waals surface area contributed by atoms with Crippen molar-refractivity contribution in [3.63, 3.8) is 0 Å². The molecule has 1 aromatic carbocycles. The predicted molar refractivity (Wildman–Crippen MR) is 129 cm³/mol. The van der Waals surface area contributed by atoms with Crippen molar-refractivity contribution in [3.05, 3.63) is 83.3 Å². The van der Waals surface area contributed by atoms with Gasteiger partial charge in [-0.05, 0) is 42.3 Å². The highest BCUT2D eigenvalue weighted by Gasteiger charge is 2.33. The van der Waals surface area contributed by atoms with Crippen molar-refractivity contribution in [2.24, 2.45) is 10.7 Å². The Morgan fingerprint density at radius 3 is 2.69 bits per heavy atom. The number of benzene rings is 1. The van der Waals surface area contributed by atoms with Gasteiger partial charge >= 0.3 is 0 Å². The van der Waals surface area contributed by atoms with E-state index in [1.807, 2.05) is 31.3 Å². The van der Waals surface area contributed by atoms with Crippen LogP contribution in [0.15, 0.2) is 65.8 Å². The number of nitrogens with zero attached hydrogens (tertiary/aromatic N) is 4. The van der Waals surface area contributed by atoms with Gasteiger partial charge in [0.15, 0.2) is 5.17 Å². The summed E-state index contributed by atoms with van der Waals surface area (Å²) in [7, 11) is 0. The molecule has 2 aromatic heterocycles. The van der Waals surface area contributed by atoms with Crippen molar-refractivity contribution in [3.8, 4) is 11.3 Å². The largest absolute Gasteiger partial charge is 0.379 e. The predicted octanol–water partition coefficient (Wildman–Crippen LogP) is 4.13. The molecule has 0 bridgehead atoms. The van der Waals surface area contributed by atoms with Crippen LogP contribution < -0.4 is 5.73 Å². The number of pyridine rings is 2. The number of rotatable bonds is 5. The van der Waals surface area contributed by atoms with Crippen LogP contribution >= 0.6 is 11.8 Å². The quantitative estimate of drug-likeness (QED) is 0.636. The van der Waals surface area contributed by atoms with E-state index in [-0.39, 0.29) is 11.3 Å². The standard InChI is InChI=1S/C25H27N5OS/c1-17-3-2-4-21(28-17)23-24(32-25(26)29-23)20-9-10-27-22(15-20)19-7-5-18(6-8-19)16-30-11-13-31-14-12-30/h2-10,15,23-24H,11-14,16H2,1H3,(H2,26,29). The number of hydrogen-bond donors (Lipinski definition) is 1. The second kappa shape index (κ2) is 9.40. The molecule has 6 nitrogen and oxygen atoms in total. The van der Waals surface area contributed by atoms with Crippen LogP contribution in [0.25, 0.3) is 11.3 Å². The fraction of sp³-hybridized carbons (Fsp3) is 0.320. The van der Waals surface area contributed by atoms with Crippen LogP contribution in [0.5, 0.6) is 0 Å². The summed E-state index contributed by atoms with van der Waals surface area (Å²) in [6.07, 6.45) is 1.88. The van der Waals surface area contributed by atoms with Crippen LogP contribution in [-0.4, -0.2) is 46.3 Å². The third-order valence-electron chi connectivity index (χ3n) is 5.89. The van der Waals surface area contributed by atoms with Gasteiger partial charge in [-0.15, -0.1) is 0 Å². The lowest BCUT2D eigenvalue weighted by atomic mass is 10.0. The maximum absolute atomic E-state index is 6.13. The molecule has 2 atom stereocenters. The molecule has 3 aromatic rings. The SMILES string of the molecule is Cc1cccc(C2N=C(N)SC2c2ccnc(-c3ccc(CN4CCOCC4)cc3)c2)n1. The number of amidine groups is 1. The van der Waals surface area contributed by atoms with Gasteiger partial charge < -0.3 is 10.5 Å². The van der Waals surface area contributed by atoms with Crippen LogP contribution in [0.1, 0.15) is 33.8 Å². The van der Waals surface area contributed by atoms with Gasteiger partial charge in [0.05, 0.1) is 29.9 Å². The van der Waals surface area contributed by atoms with Crippen LogP contribution in [-0.2, 0) is 11.3 Å². The van der Waals surface area contributed by atoms with Gasteiger partial charge in [0.25, 0.3) is 0 Å². The molecule has 2 unspecified atom stereocenters. The van der Waals surface area contributed by atoms with Crippen LogP contribution in [0.4, 0.5) is 0 Å². The molecule has 2 aliphatic heterocycles. The Labute approximate surface area is 192 Å². The van der Waals surface area contributed by atoms with Crippen molar-refractivity contribution in [2.75, 3.05) is 26.3 Å². The van der Waals surface area contributed by atoms with E-state index >= 15 is 0 Å². The maximum Gasteiger partial charge on any atom is 0.155 e. The summed E-state index contributed by atoms with van der Waals surface area (Å²) in [6.45, 7) is 6.58. The van der Waals surface area contributed by atoms with E-state index in [9.17, 15) is 0 Å². The Morgan fingerprint density at radius 2 is 1.91 bits per heavy atom. The van der Waals surface area contributed by atoms with Crippen LogP contribution in [0.2, 0.25) is 0 Å². The lowest BCUT2D eigenvalue weighted by molar-refractivity contribution is 0.0342. The average Bonchev–Trinajstić information content (AvgIpc) is 3.22. The molecule has 0 aliphatic carbocycles. The lowest BCUT2D eigenvalue weighted by Crippen LogP contribution is -2.35. The minimum Gasteiger partial charge on any atom is -0.379 e. The van der Waals surface area contributed by atoms with Crippen molar-refractivity contribution in [2.45, 2.75) is 24.8 Å². The van der Waals surface area contributed by atoms with Gasteiger partial charge in [-0.1, -0.05) is 42.1 Å². The Bertz CT molecular complexity index is 1110. The van der Waals surface area contributed by atoms with Crippen molar-refractivity contribution < 1.29 is 4.74 Å². The van der Waals surface area contributed by atoms with E-state index < -0.39 is 0 Å². The number of aromatic nitrogens is 2. The molecule has 32 heavy (non-hydrogen) atoms. The second-order valence-corrected chi connectivity index (χ2v) is 9.38. The van der Waals surface area contributed by atoms with E-state index in [4.69, 9.17) is 15.5 Å². The van der Waals surface area contributed by atoms with Gasteiger partial charge in [0.1, 0.15) is 6.04 Å². The molecule has 0 radical (unpaired) electrons. The highest BCUT2D eigenvalue weighted by atomic mass is 32.2. The van der Waals surface area contributed by atoms with Gasteiger partial charge in [-0.3, -0.25) is 19.9 Å². The molecular formula is C25H27N5OS. The average molecular weight is 446 g/mol.